The van der Waals surface area contributed by atoms with Crippen molar-refractivity contribution in [3.63, 3.8) is 0 Å². The molecule has 0 bridgehead atoms. The minimum atomic E-state index is 0.211. The molecular weight excluding hydrogens is 278 g/mol. The maximum Gasteiger partial charge on any atom is 0.183 e. The summed E-state index contributed by atoms with van der Waals surface area (Å²) in [7, 11) is 0. The van der Waals surface area contributed by atoms with E-state index in [1.54, 1.807) is 6.20 Å². The zero-order chi connectivity index (χ0) is 15.1. The largest absolute Gasteiger partial charge is 0.354 e. The number of rotatable bonds is 2. The Kier molecular flexibility index (Phi) is 3.00. The first kappa shape index (κ1) is 13.1. The molecule has 112 valence electrons. The van der Waals surface area contributed by atoms with Crippen LogP contribution < -0.4 is 10.6 Å². The summed E-state index contributed by atoms with van der Waals surface area (Å²) in [6.45, 7) is 3.73. The summed E-state index contributed by atoms with van der Waals surface area (Å²) >= 11 is 0. The van der Waals surface area contributed by atoms with Gasteiger partial charge in [0.1, 0.15) is 0 Å². The van der Waals surface area contributed by atoms with Crippen LogP contribution in [0.2, 0.25) is 0 Å². The molecule has 1 fully saturated rings. The van der Waals surface area contributed by atoms with E-state index in [1.165, 1.54) is 0 Å². The van der Waals surface area contributed by atoms with E-state index in [2.05, 4.69) is 30.3 Å². The lowest BCUT2D eigenvalue weighted by molar-refractivity contribution is 0.751. The average Bonchev–Trinajstić information content (AvgIpc) is 3.14. The third-order valence-corrected chi connectivity index (χ3v) is 4.10. The lowest BCUT2D eigenvalue weighted by Crippen LogP contribution is -2.27. The predicted molar refractivity (Wildman–Crippen MR) is 84.5 cm³/mol. The van der Waals surface area contributed by atoms with Gasteiger partial charge in [0.05, 0.1) is 11.7 Å². The van der Waals surface area contributed by atoms with Crippen LogP contribution in [0.4, 0.5) is 5.82 Å². The van der Waals surface area contributed by atoms with Gasteiger partial charge in [0, 0.05) is 35.8 Å². The number of nitrogens with two attached hydrogens (primary N) is 1. The van der Waals surface area contributed by atoms with Gasteiger partial charge in [0.25, 0.3) is 0 Å². The molecule has 4 rings (SSSR count). The predicted octanol–water partition coefficient (Wildman–Crippen LogP) is 1.26. The molecule has 3 aromatic rings. The van der Waals surface area contributed by atoms with Gasteiger partial charge >= 0.3 is 0 Å². The van der Waals surface area contributed by atoms with Crippen molar-refractivity contribution in [1.29, 1.82) is 0 Å². The minimum Gasteiger partial charge on any atom is -0.354 e. The Morgan fingerprint density at radius 3 is 3.09 bits per heavy atom. The summed E-state index contributed by atoms with van der Waals surface area (Å²) in [5, 5.41) is 16.6. The topological polar surface area (TPSA) is 96.6 Å². The number of anilines is 1. The number of nitrogens with one attached hydrogen (secondary N) is 1. The molecule has 0 amide bonds. The second kappa shape index (κ2) is 5.03. The van der Waals surface area contributed by atoms with Crippen LogP contribution >= 0.6 is 0 Å². The first-order valence-electron chi connectivity index (χ1n) is 7.36. The van der Waals surface area contributed by atoms with Gasteiger partial charge in [-0.3, -0.25) is 5.10 Å². The fraction of sp³-hybridized carbons (Fsp3) is 0.333. The van der Waals surface area contributed by atoms with Crippen LogP contribution in [0.15, 0.2) is 24.4 Å². The lowest BCUT2D eigenvalue weighted by atomic mass is 10.1. The molecule has 7 heteroatoms. The van der Waals surface area contributed by atoms with Crippen molar-refractivity contribution in [1.82, 2.24) is 25.4 Å². The Balaban J connectivity index is 1.73. The summed E-state index contributed by atoms with van der Waals surface area (Å²) in [6, 6.07) is 6.20. The van der Waals surface area contributed by atoms with Crippen LogP contribution in [0.3, 0.4) is 0 Å². The van der Waals surface area contributed by atoms with Crippen LogP contribution in [-0.2, 0) is 0 Å². The highest BCUT2D eigenvalue weighted by atomic mass is 15.3. The van der Waals surface area contributed by atoms with Crippen LogP contribution in [0.1, 0.15) is 12.1 Å². The number of aromatic nitrogens is 5. The van der Waals surface area contributed by atoms with E-state index < -0.39 is 0 Å². The number of nitrogens with zero attached hydrogens (tertiary/aromatic N) is 5. The highest BCUT2D eigenvalue weighted by Gasteiger charge is 2.21. The molecule has 1 aliphatic heterocycles. The Hall–Kier alpha value is -2.54. The molecule has 1 unspecified atom stereocenters. The maximum atomic E-state index is 5.96. The quantitative estimate of drug-likeness (QED) is 0.739. The fourth-order valence-electron chi connectivity index (χ4n) is 2.84. The van der Waals surface area contributed by atoms with Crippen molar-refractivity contribution in [2.45, 2.75) is 19.4 Å². The molecule has 0 saturated carbocycles. The first-order valence-corrected chi connectivity index (χ1v) is 7.36. The van der Waals surface area contributed by atoms with Crippen molar-refractivity contribution in [3.05, 3.63) is 30.1 Å². The van der Waals surface area contributed by atoms with E-state index in [0.717, 1.165) is 47.5 Å². The Morgan fingerprint density at radius 1 is 1.36 bits per heavy atom. The Bertz CT molecular complexity index is 826. The number of H-pyrrole nitrogens is 1. The lowest BCUT2D eigenvalue weighted by Gasteiger charge is -2.16. The third-order valence-electron chi connectivity index (χ3n) is 4.10. The molecule has 1 aliphatic rings. The number of fused-ring (bicyclic) bond motifs is 1. The molecule has 0 aliphatic carbocycles. The van der Waals surface area contributed by atoms with Crippen LogP contribution in [0.5, 0.6) is 0 Å². The molecule has 1 saturated heterocycles. The van der Waals surface area contributed by atoms with E-state index in [-0.39, 0.29) is 6.04 Å². The van der Waals surface area contributed by atoms with Gasteiger partial charge in [-0.2, -0.15) is 10.2 Å². The number of aromatic amines is 1. The van der Waals surface area contributed by atoms with Crippen molar-refractivity contribution in [2.24, 2.45) is 5.73 Å². The highest BCUT2D eigenvalue weighted by molar-refractivity contribution is 5.85. The molecule has 22 heavy (non-hydrogen) atoms. The van der Waals surface area contributed by atoms with Gasteiger partial charge in [-0.05, 0) is 31.5 Å². The van der Waals surface area contributed by atoms with Gasteiger partial charge < -0.3 is 10.6 Å². The summed E-state index contributed by atoms with van der Waals surface area (Å²) in [5.41, 5.74) is 8.88. The maximum absolute atomic E-state index is 5.96. The summed E-state index contributed by atoms with van der Waals surface area (Å²) in [4.78, 5) is 6.80. The Morgan fingerprint density at radius 2 is 2.27 bits per heavy atom. The molecule has 0 radical (unpaired) electrons. The fourth-order valence-corrected chi connectivity index (χ4v) is 2.84. The molecule has 3 heterocycles. The van der Waals surface area contributed by atoms with E-state index in [9.17, 15) is 0 Å². The van der Waals surface area contributed by atoms with E-state index in [1.807, 2.05) is 25.1 Å². The second-order valence-electron chi connectivity index (χ2n) is 5.71. The zero-order valence-corrected chi connectivity index (χ0v) is 12.3. The van der Waals surface area contributed by atoms with Crippen LogP contribution in [-0.4, -0.2) is 44.5 Å². The van der Waals surface area contributed by atoms with E-state index in [0.29, 0.717) is 5.82 Å². The molecule has 2 aromatic heterocycles. The summed E-state index contributed by atoms with van der Waals surface area (Å²) in [6.07, 6.45) is 2.68. The van der Waals surface area contributed by atoms with Gasteiger partial charge in [0.15, 0.2) is 11.6 Å². The average molecular weight is 295 g/mol. The molecule has 7 nitrogen and oxygen atoms in total. The van der Waals surface area contributed by atoms with Crippen LogP contribution in [0, 0.1) is 6.92 Å². The van der Waals surface area contributed by atoms with Crippen molar-refractivity contribution in [3.8, 4) is 11.4 Å². The van der Waals surface area contributed by atoms with Crippen LogP contribution in [0.25, 0.3) is 22.3 Å². The zero-order valence-electron chi connectivity index (χ0n) is 12.3. The third kappa shape index (κ3) is 2.19. The van der Waals surface area contributed by atoms with Gasteiger partial charge in [-0.15, -0.1) is 5.10 Å². The van der Waals surface area contributed by atoms with Gasteiger partial charge in [-0.25, -0.2) is 4.98 Å². The normalized spacial score (nSPS) is 18.3. The number of hydrogen-bond donors (Lipinski definition) is 2. The van der Waals surface area contributed by atoms with E-state index >= 15 is 0 Å². The highest BCUT2D eigenvalue weighted by Crippen LogP contribution is 2.24. The monoisotopic (exact) mass is 295 g/mol. The number of hydrogen-bond acceptors (Lipinski definition) is 6. The minimum absolute atomic E-state index is 0.211. The molecule has 1 aromatic carbocycles. The van der Waals surface area contributed by atoms with Gasteiger partial charge in [0.2, 0.25) is 0 Å². The molecular formula is C15H17N7. The Labute approximate surface area is 127 Å². The van der Waals surface area contributed by atoms with Crippen molar-refractivity contribution in [2.75, 3.05) is 18.0 Å². The SMILES string of the molecule is Cc1[nH]nc2ccc(-c3nncc(N4CCC(N)C4)n3)cc12. The number of aryl methyl sites for hydroxylation is 1. The summed E-state index contributed by atoms with van der Waals surface area (Å²) < 4.78 is 0. The molecule has 0 spiro atoms. The molecule has 1 atom stereocenters. The first-order chi connectivity index (χ1) is 10.7. The molecule has 3 N–H and O–H groups in total. The second-order valence-corrected chi connectivity index (χ2v) is 5.71. The van der Waals surface area contributed by atoms with Crippen molar-refractivity contribution < 1.29 is 0 Å². The van der Waals surface area contributed by atoms with Crippen molar-refractivity contribution >= 4 is 16.7 Å². The smallest absolute Gasteiger partial charge is 0.183 e. The standard InChI is InChI=1S/C15H17N7/c1-9-12-6-10(2-3-13(12)20-19-9)15-18-14(7-17-21-15)22-5-4-11(16)8-22/h2-3,6-7,11H,4-5,8,16H2,1H3,(H,19,20). The number of benzene rings is 1. The van der Waals surface area contributed by atoms with Gasteiger partial charge in [-0.1, -0.05) is 0 Å². The summed E-state index contributed by atoms with van der Waals surface area (Å²) in [5.74, 6) is 1.46. The van der Waals surface area contributed by atoms with E-state index in [4.69, 9.17) is 5.73 Å².